The average Bonchev–Trinajstić information content (AvgIpc) is 2.94. The van der Waals surface area contributed by atoms with Crippen molar-refractivity contribution in [3.8, 4) is 0 Å². The second-order valence-electron chi connectivity index (χ2n) is 4.94. The van der Waals surface area contributed by atoms with E-state index in [9.17, 15) is 4.79 Å². The highest BCUT2D eigenvalue weighted by atomic mass is 16.2. The minimum absolute atomic E-state index is 0.0646. The summed E-state index contributed by atoms with van der Waals surface area (Å²) in [6.07, 6.45) is 4.10. The Balaban J connectivity index is 2.00. The van der Waals surface area contributed by atoms with Crippen molar-refractivity contribution < 1.29 is 4.79 Å². The van der Waals surface area contributed by atoms with Gasteiger partial charge in [-0.1, -0.05) is 13.8 Å². The predicted molar refractivity (Wildman–Crippen MR) is 70.7 cm³/mol. The topological polar surface area (TPSA) is 87.1 Å². The third-order valence-electron chi connectivity index (χ3n) is 2.88. The molecule has 1 aliphatic rings. The van der Waals surface area contributed by atoms with Crippen molar-refractivity contribution in [2.75, 3.05) is 5.01 Å². The van der Waals surface area contributed by atoms with Gasteiger partial charge in [-0.3, -0.25) is 4.79 Å². The number of carbonyl (C=O) groups excluding carboxylic acids is 1. The number of aromatic nitrogens is 4. The molecule has 0 fully saturated rings. The van der Waals surface area contributed by atoms with Crippen LogP contribution in [0.5, 0.6) is 0 Å². The molecule has 19 heavy (non-hydrogen) atoms. The van der Waals surface area contributed by atoms with Crippen molar-refractivity contribution in [1.29, 1.82) is 0 Å². The van der Waals surface area contributed by atoms with Crippen molar-refractivity contribution in [3.63, 3.8) is 0 Å². The molecule has 2 aromatic heterocycles. The fraction of sp³-hybridized carbons (Fsp3) is 0.417. The van der Waals surface area contributed by atoms with E-state index in [2.05, 4.69) is 38.9 Å². The molecule has 0 spiro atoms. The van der Waals surface area contributed by atoms with Crippen molar-refractivity contribution in [2.45, 2.75) is 26.7 Å². The fourth-order valence-corrected chi connectivity index (χ4v) is 2.14. The van der Waals surface area contributed by atoms with Crippen LogP contribution in [0.3, 0.4) is 0 Å². The summed E-state index contributed by atoms with van der Waals surface area (Å²) >= 11 is 0. The number of amides is 1. The first-order valence-electron chi connectivity index (χ1n) is 6.18. The first kappa shape index (κ1) is 11.8. The Morgan fingerprint density at radius 1 is 1.37 bits per heavy atom. The van der Waals surface area contributed by atoms with Crippen LogP contribution < -0.4 is 5.01 Å². The number of rotatable bonds is 3. The van der Waals surface area contributed by atoms with Crippen molar-refractivity contribution in [1.82, 2.24) is 19.9 Å². The van der Waals surface area contributed by atoms with Gasteiger partial charge >= 0.3 is 0 Å². The van der Waals surface area contributed by atoms with Gasteiger partial charge in [0.25, 0.3) is 5.91 Å². The molecule has 0 unspecified atom stereocenters. The summed E-state index contributed by atoms with van der Waals surface area (Å²) in [5, 5.41) is 5.72. The lowest BCUT2D eigenvalue weighted by Crippen LogP contribution is -2.21. The molecule has 1 N–H and O–H groups in total. The molecule has 3 heterocycles. The van der Waals surface area contributed by atoms with Gasteiger partial charge in [-0.25, -0.2) is 15.0 Å². The number of imidazole rings is 1. The number of hydrogen-bond donors (Lipinski definition) is 1. The summed E-state index contributed by atoms with van der Waals surface area (Å²) < 4.78 is 0. The van der Waals surface area contributed by atoms with Gasteiger partial charge in [-0.15, -0.1) is 0 Å². The van der Waals surface area contributed by atoms with Crippen LogP contribution in [-0.4, -0.2) is 31.6 Å². The maximum Gasteiger partial charge on any atom is 0.254 e. The molecule has 98 valence electrons. The Labute approximate surface area is 109 Å². The molecule has 0 atom stereocenters. The Kier molecular flexibility index (Phi) is 2.73. The summed E-state index contributed by atoms with van der Waals surface area (Å²) in [4.78, 5) is 27.2. The van der Waals surface area contributed by atoms with E-state index in [0.29, 0.717) is 29.3 Å². The Bertz CT molecular complexity index is 659. The van der Waals surface area contributed by atoms with Gasteiger partial charge in [0.05, 0.1) is 12.7 Å². The lowest BCUT2D eigenvalue weighted by Gasteiger charge is -2.10. The lowest BCUT2D eigenvalue weighted by molar-refractivity contribution is -0.116. The Hall–Kier alpha value is -2.31. The van der Waals surface area contributed by atoms with E-state index in [4.69, 9.17) is 0 Å². The van der Waals surface area contributed by atoms with Crippen LogP contribution in [-0.2, 0) is 4.79 Å². The zero-order valence-electron chi connectivity index (χ0n) is 10.8. The average molecular weight is 258 g/mol. The smallest absolute Gasteiger partial charge is 0.254 e. The number of fused-ring (bicyclic) bond motifs is 1. The van der Waals surface area contributed by atoms with Crippen molar-refractivity contribution in [3.05, 3.63) is 12.7 Å². The second-order valence-corrected chi connectivity index (χ2v) is 4.94. The third kappa shape index (κ3) is 2.07. The maximum absolute atomic E-state index is 12.0. The zero-order valence-corrected chi connectivity index (χ0v) is 10.8. The molecule has 0 radical (unpaired) electrons. The Morgan fingerprint density at radius 2 is 2.21 bits per heavy atom. The number of nitrogens with one attached hydrogen (secondary N) is 1. The summed E-state index contributed by atoms with van der Waals surface area (Å²) in [6.45, 7) is 4.21. The second kappa shape index (κ2) is 4.42. The summed E-state index contributed by atoms with van der Waals surface area (Å²) in [6, 6.07) is 0. The highest BCUT2D eigenvalue weighted by Crippen LogP contribution is 2.25. The number of nitrogens with zero attached hydrogens (tertiary/aromatic N) is 5. The highest BCUT2D eigenvalue weighted by molar-refractivity contribution is 6.14. The molecule has 0 saturated heterocycles. The van der Waals surface area contributed by atoms with E-state index in [-0.39, 0.29) is 5.91 Å². The first-order chi connectivity index (χ1) is 9.15. The van der Waals surface area contributed by atoms with Crippen LogP contribution in [0, 0.1) is 5.92 Å². The minimum Gasteiger partial charge on any atom is -0.340 e. The summed E-state index contributed by atoms with van der Waals surface area (Å²) in [5.41, 5.74) is 2.06. The molecular weight excluding hydrogens is 244 g/mol. The van der Waals surface area contributed by atoms with E-state index in [1.807, 2.05) is 0 Å². The van der Waals surface area contributed by atoms with E-state index in [1.54, 1.807) is 0 Å². The molecule has 0 aliphatic carbocycles. The van der Waals surface area contributed by atoms with E-state index < -0.39 is 0 Å². The van der Waals surface area contributed by atoms with Crippen LogP contribution in [0.4, 0.5) is 5.82 Å². The molecule has 0 saturated carbocycles. The van der Waals surface area contributed by atoms with Gasteiger partial charge in [0, 0.05) is 5.71 Å². The largest absolute Gasteiger partial charge is 0.340 e. The normalized spacial score (nSPS) is 15.6. The van der Waals surface area contributed by atoms with E-state index in [0.717, 1.165) is 12.1 Å². The number of hydrazone groups is 1. The standard InChI is InChI=1S/C12H14N6O/c1-7(2)3-8-4-9(19)18(17-8)12-10-11(14-5-13-10)15-6-16-12/h5-7H,3-4H2,1-2H3,(H,13,14,15,16). The van der Waals surface area contributed by atoms with Gasteiger partial charge < -0.3 is 4.98 Å². The van der Waals surface area contributed by atoms with Crippen LogP contribution in [0.2, 0.25) is 0 Å². The van der Waals surface area contributed by atoms with Crippen molar-refractivity contribution in [2.24, 2.45) is 11.0 Å². The third-order valence-corrected chi connectivity index (χ3v) is 2.88. The van der Waals surface area contributed by atoms with E-state index in [1.165, 1.54) is 17.7 Å². The number of anilines is 1. The van der Waals surface area contributed by atoms with Gasteiger partial charge in [-0.05, 0) is 12.3 Å². The van der Waals surface area contributed by atoms with Crippen LogP contribution in [0.25, 0.3) is 11.2 Å². The molecule has 7 heteroatoms. The van der Waals surface area contributed by atoms with Gasteiger partial charge in [0.2, 0.25) is 0 Å². The summed E-state index contributed by atoms with van der Waals surface area (Å²) in [5.74, 6) is 0.876. The Morgan fingerprint density at radius 3 is 3.00 bits per heavy atom. The highest BCUT2D eigenvalue weighted by Gasteiger charge is 2.28. The first-order valence-corrected chi connectivity index (χ1v) is 6.18. The van der Waals surface area contributed by atoms with Crippen LogP contribution in [0.1, 0.15) is 26.7 Å². The molecular formula is C12H14N6O. The van der Waals surface area contributed by atoms with Crippen LogP contribution in [0.15, 0.2) is 17.8 Å². The van der Waals surface area contributed by atoms with E-state index >= 15 is 0 Å². The van der Waals surface area contributed by atoms with Crippen LogP contribution >= 0.6 is 0 Å². The monoisotopic (exact) mass is 258 g/mol. The van der Waals surface area contributed by atoms with Gasteiger partial charge in [-0.2, -0.15) is 10.1 Å². The predicted octanol–water partition coefficient (Wildman–Crippen LogP) is 1.49. The van der Waals surface area contributed by atoms with Gasteiger partial charge in [0.1, 0.15) is 11.8 Å². The number of H-pyrrole nitrogens is 1. The molecule has 1 aliphatic heterocycles. The SMILES string of the molecule is CC(C)CC1=NN(c2ncnc3nc[nH]c23)C(=O)C1. The molecule has 2 aromatic rings. The fourth-order valence-electron chi connectivity index (χ4n) is 2.14. The maximum atomic E-state index is 12.0. The van der Waals surface area contributed by atoms with Crippen molar-refractivity contribution >= 4 is 28.6 Å². The number of hydrogen-bond acceptors (Lipinski definition) is 5. The molecule has 0 bridgehead atoms. The molecule has 0 aromatic carbocycles. The molecule has 3 rings (SSSR count). The number of aromatic amines is 1. The lowest BCUT2D eigenvalue weighted by atomic mass is 10.1. The zero-order chi connectivity index (χ0) is 13.4. The summed E-state index contributed by atoms with van der Waals surface area (Å²) in [7, 11) is 0. The number of carbonyl (C=O) groups is 1. The minimum atomic E-state index is -0.0646. The van der Waals surface area contributed by atoms with Gasteiger partial charge in [0.15, 0.2) is 11.5 Å². The molecule has 7 nitrogen and oxygen atoms in total. The quantitative estimate of drug-likeness (QED) is 0.903. The molecule has 1 amide bonds.